The van der Waals surface area contributed by atoms with Crippen molar-refractivity contribution in [3.05, 3.63) is 0 Å². The number of carbonyl (C=O) groups is 2. The van der Waals surface area contributed by atoms with Gasteiger partial charge >= 0.3 is 6.03 Å². The minimum absolute atomic E-state index is 0.177. The molecule has 2 aliphatic carbocycles. The second kappa shape index (κ2) is 4.82. The number of rotatable bonds is 4. The lowest BCUT2D eigenvalue weighted by Crippen LogP contribution is -2.41. The largest absolute Gasteiger partial charge is 0.351 e. The van der Waals surface area contributed by atoms with Crippen LogP contribution in [0.4, 0.5) is 4.79 Å². The summed E-state index contributed by atoms with van der Waals surface area (Å²) in [7, 11) is 0. The number of fused-ring (bicyclic) bond motifs is 2. The monoisotopic (exact) mass is 225 g/mol. The van der Waals surface area contributed by atoms with Crippen molar-refractivity contribution in [2.24, 2.45) is 23.5 Å². The average Bonchev–Trinajstić information content (AvgIpc) is 2.77. The Morgan fingerprint density at radius 3 is 2.62 bits per heavy atom. The third-order valence-corrected chi connectivity index (χ3v) is 3.84. The highest BCUT2D eigenvalue weighted by molar-refractivity contribution is 5.94. The van der Waals surface area contributed by atoms with E-state index in [1.807, 2.05) is 5.32 Å². The SMILES string of the molecule is NC(=O)NC(=O)CNCC1CC2CCC1C2. The second-order valence-electron chi connectivity index (χ2n) is 4.98. The van der Waals surface area contributed by atoms with Crippen molar-refractivity contribution in [1.82, 2.24) is 10.6 Å². The van der Waals surface area contributed by atoms with Gasteiger partial charge in [0, 0.05) is 0 Å². The molecule has 0 heterocycles. The third-order valence-electron chi connectivity index (χ3n) is 3.84. The van der Waals surface area contributed by atoms with Gasteiger partial charge < -0.3 is 11.1 Å². The molecule has 3 unspecified atom stereocenters. The Morgan fingerprint density at radius 2 is 2.06 bits per heavy atom. The molecule has 5 nitrogen and oxygen atoms in total. The Labute approximate surface area is 95.1 Å². The summed E-state index contributed by atoms with van der Waals surface area (Å²) in [5, 5.41) is 5.14. The van der Waals surface area contributed by atoms with Crippen LogP contribution in [0, 0.1) is 17.8 Å². The number of urea groups is 1. The van der Waals surface area contributed by atoms with E-state index in [1.54, 1.807) is 0 Å². The molecule has 0 aromatic rings. The Balaban J connectivity index is 1.61. The zero-order chi connectivity index (χ0) is 11.5. The highest BCUT2D eigenvalue weighted by Crippen LogP contribution is 2.47. The fraction of sp³-hybridized carbons (Fsp3) is 0.818. The zero-order valence-electron chi connectivity index (χ0n) is 9.37. The number of hydrogen-bond acceptors (Lipinski definition) is 3. The number of nitrogens with one attached hydrogen (secondary N) is 2. The van der Waals surface area contributed by atoms with E-state index in [9.17, 15) is 9.59 Å². The van der Waals surface area contributed by atoms with Crippen LogP contribution in [-0.2, 0) is 4.79 Å². The molecular weight excluding hydrogens is 206 g/mol. The first-order valence-electron chi connectivity index (χ1n) is 5.95. The van der Waals surface area contributed by atoms with Crippen LogP contribution in [0.15, 0.2) is 0 Å². The van der Waals surface area contributed by atoms with Gasteiger partial charge in [0.1, 0.15) is 0 Å². The molecule has 0 spiro atoms. The molecule has 3 atom stereocenters. The highest BCUT2D eigenvalue weighted by atomic mass is 16.2. The first kappa shape index (κ1) is 11.4. The van der Waals surface area contributed by atoms with Gasteiger partial charge in [-0.1, -0.05) is 6.42 Å². The number of amides is 3. The molecular formula is C11H19N3O2. The second-order valence-corrected chi connectivity index (χ2v) is 4.98. The van der Waals surface area contributed by atoms with Crippen molar-refractivity contribution >= 4 is 11.9 Å². The van der Waals surface area contributed by atoms with Crippen LogP contribution < -0.4 is 16.4 Å². The highest BCUT2D eigenvalue weighted by Gasteiger charge is 2.38. The van der Waals surface area contributed by atoms with E-state index >= 15 is 0 Å². The standard InChI is InChI=1S/C11H19N3O2/c12-11(16)14-10(15)6-13-5-9-4-7-1-2-8(9)3-7/h7-9,13H,1-6H2,(H3,12,14,15,16). The van der Waals surface area contributed by atoms with Crippen LogP contribution in [0.2, 0.25) is 0 Å². The van der Waals surface area contributed by atoms with Crippen LogP contribution in [0.3, 0.4) is 0 Å². The molecule has 90 valence electrons. The van der Waals surface area contributed by atoms with E-state index in [2.05, 4.69) is 5.32 Å². The van der Waals surface area contributed by atoms with Crippen molar-refractivity contribution in [3.8, 4) is 0 Å². The van der Waals surface area contributed by atoms with E-state index in [4.69, 9.17) is 5.73 Å². The molecule has 2 bridgehead atoms. The minimum atomic E-state index is -0.785. The molecule has 0 aliphatic heterocycles. The first-order valence-corrected chi connectivity index (χ1v) is 5.95. The minimum Gasteiger partial charge on any atom is -0.351 e. The van der Waals surface area contributed by atoms with Crippen molar-refractivity contribution in [1.29, 1.82) is 0 Å². The van der Waals surface area contributed by atoms with E-state index in [1.165, 1.54) is 25.7 Å². The van der Waals surface area contributed by atoms with Crippen molar-refractivity contribution in [3.63, 3.8) is 0 Å². The maximum atomic E-state index is 11.1. The molecule has 0 aromatic heterocycles. The van der Waals surface area contributed by atoms with Crippen LogP contribution in [0.1, 0.15) is 25.7 Å². The smallest absolute Gasteiger partial charge is 0.318 e. The number of nitrogens with two attached hydrogens (primary N) is 1. The van der Waals surface area contributed by atoms with Gasteiger partial charge in [0.25, 0.3) is 0 Å². The molecule has 3 amide bonds. The molecule has 0 aromatic carbocycles. The van der Waals surface area contributed by atoms with Gasteiger partial charge in [-0.25, -0.2) is 4.79 Å². The molecule has 2 rings (SSSR count). The number of hydrogen-bond donors (Lipinski definition) is 3. The third kappa shape index (κ3) is 2.72. The van der Waals surface area contributed by atoms with Crippen molar-refractivity contribution in [2.45, 2.75) is 25.7 Å². The van der Waals surface area contributed by atoms with E-state index in [0.29, 0.717) is 0 Å². The van der Waals surface area contributed by atoms with E-state index < -0.39 is 6.03 Å². The summed E-state index contributed by atoms with van der Waals surface area (Å²) in [6.07, 6.45) is 5.42. The number of imide groups is 1. The summed E-state index contributed by atoms with van der Waals surface area (Å²) in [6, 6.07) is -0.785. The van der Waals surface area contributed by atoms with Gasteiger partial charge in [-0.05, 0) is 43.6 Å². The molecule has 2 saturated carbocycles. The lowest BCUT2D eigenvalue weighted by Gasteiger charge is -2.21. The predicted octanol–water partition coefficient (Wildman–Crippen LogP) is 0.207. The fourth-order valence-corrected chi connectivity index (χ4v) is 3.18. The summed E-state index contributed by atoms with van der Waals surface area (Å²) in [4.78, 5) is 21.5. The normalized spacial score (nSPS) is 31.6. The van der Waals surface area contributed by atoms with Gasteiger partial charge in [0.15, 0.2) is 0 Å². The lowest BCUT2D eigenvalue weighted by atomic mass is 9.89. The first-order chi connectivity index (χ1) is 7.65. The average molecular weight is 225 g/mol. The molecule has 0 saturated heterocycles. The van der Waals surface area contributed by atoms with Crippen LogP contribution in [0.25, 0.3) is 0 Å². The Hall–Kier alpha value is -1.10. The maximum Gasteiger partial charge on any atom is 0.318 e. The van der Waals surface area contributed by atoms with E-state index in [0.717, 1.165) is 24.3 Å². The predicted molar refractivity (Wildman–Crippen MR) is 59.5 cm³/mol. The summed E-state index contributed by atoms with van der Waals surface area (Å²) in [5.41, 5.74) is 4.84. The van der Waals surface area contributed by atoms with Crippen molar-refractivity contribution in [2.75, 3.05) is 13.1 Å². The van der Waals surface area contributed by atoms with Gasteiger partial charge in [-0.3, -0.25) is 10.1 Å². The number of carbonyl (C=O) groups excluding carboxylic acids is 2. The zero-order valence-corrected chi connectivity index (χ0v) is 9.37. The summed E-state index contributed by atoms with van der Waals surface area (Å²) >= 11 is 0. The number of primary amides is 1. The van der Waals surface area contributed by atoms with Gasteiger partial charge in [-0.15, -0.1) is 0 Å². The summed E-state index contributed by atoms with van der Waals surface area (Å²) in [5.74, 6) is 2.16. The van der Waals surface area contributed by atoms with Crippen LogP contribution in [-0.4, -0.2) is 25.0 Å². The summed E-state index contributed by atoms with van der Waals surface area (Å²) < 4.78 is 0. The quantitative estimate of drug-likeness (QED) is 0.639. The summed E-state index contributed by atoms with van der Waals surface area (Å²) in [6.45, 7) is 1.06. The Morgan fingerprint density at radius 1 is 1.25 bits per heavy atom. The Bertz CT molecular complexity index is 293. The molecule has 2 fully saturated rings. The molecule has 16 heavy (non-hydrogen) atoms. The molecule has 2 aliphatic rings. The van der Waals surface area contributed by atoms with Crippen LogP contribution >= 0.6 is 0 Å². The fourth-order valence-electron chi connectivity index (χ4n) is 3.18. The van der Waals surface area contributed by atoms with E-state index in [-0.39, 0.29) is 12.5 Å². The molecule has 4 N–H and O–H groups in total. The van der Waals surface area contributed by atoms with Crippen molar-refractivity contribution < 1.29 is 9.59 Å². The lowest BCUT2D eigenvalue weighted by molar-refractivity contribution is -0.119. The van der Waals surface area contributed by atoms with Gasteiger partial charge in [-0.2, -0.15) is 0 Å². The van der Waals surface area contributed by atoms with Crippen LogP contribution in [0.5, 0.6) is 0 Å². The van der Waals surface area contributed by atoms with Gasteiger partial charge in [0.05, 0.1) is 6.54 Å². The molecule has 0 radical (unpaired) electrons. The maximum absolute atomic E-state index is 11.1. The topological polar surface area (TPSA) is 84.2 Å². The van der Waals surface area contributed by atoms with Gasteiger partial charge in [0.2, 0.25) is 5.91 Å². The molecule has 5 heteroatoms. The Kier molecular flexibility index (Phi) is 3.43.